The molecular weight excluding hydrogens is 282 g/mol. The molecule has 0 spiro atoms. The average molecular weight is 311 g/mol. The van der Waals surface area contributed by atoms with Crippen molar-refractivity contribution in [3.63, 3.8) is 0 Å². The zero-order valence-electron chi connectivity index (χ0n) is 14.4. The van der Waals surface area contributed by atoms with Crippen molar-refractivity contribution in [1.29, 1.82) is 5.26 Å². The van der Waals surface area contributed by atoms with Crippen LogP contribution in [0.25, 0.3) is 0 Å². The van der Waals surface area contributed by atoms with E-state index in [9.17, 15) is 9.59 Å². The minimum atomic E-state index is -0.470. The summed E-state index contributed by atoms with van der Waals surface area (Å²) in [6, 6.07) is 2.01. The van der Waals surface area contributed by atoms with E-state index in [4.69, 9.17) is 10.00 Å². The number of carbonyl (C=O) groups is 2. The van der Waals surface area contributed by atoms with Gasteiger partial charge >= 0.3 is 6.09 Å². The molecule has 22 heavy (non-hydrogen) atoms. The molecule has 1 heterocycles. The molecule has 0 radical (unpaired) electrons. The number of likely N-dealkylation sites (tertiary alicyclic amines) is 1. The van der Waals surface area contributed by atoms with Crippen LogP contribution in [0.3, 0.4) is 0 Å². The van der Waals surface area contributed by atoms with Gasteiger partial charge in [-0.3, -0.25) is 4.79 Å². The average Bonchev–Trinajstić information content (AvgIpc) is 3.03. The van der Waals surface area contributed by atoms with Crippen LogP contribution in [0.15, 0.2) is 0 Å². The normalized spacial score (nSPS) is 17.7. The number of ether oxygens (including phenoxy) is 1. The molecule has 2 aliphatic rings. The first-order valence-corrected chi connectivity index (χ1v) is 7.92. The minimum Gasteiger partial charge on any atom is -0.444 e. The van der Waals surface area contributed by atoms with Crippen molar-refractivity contribution >= 4 is 12.5 Å². The molecular formula is C16H29N3O3. The fraction of sp³-hybridized carbons (Fsp3) is 0.812. The summed E-state index contributed by atoms with van der Waals surface area (Å²) >= 11 is 0. The molecule has 0 unspecified atom stereocenters. The van der Waals surface area contributed by atoms with Gasteiger partial charge in [0.2, 0.25) is 6.41 Å². The van der Waals surface area contributed by atoms with E-state index >= 15 is 0 Å². The second-order valence-electron chi connectivity index (χ2n) is 6.13. The maximum absolute atomic E-state index is 11.4. The molecule has 2 fully saturated rings. The van der Waals surface area contributed by atoms with E-state index in [1.54, 1.807) is 4.90 Å². The van der Waals surface area contributed by atoms with Crippen LogP contribution in [0, 0.1) is 11.3 Å². The highest BCUT2D eigenvalue weighted by Crippen LogP contribution is 2.33. The molecule has 126 valence electrons. The van der Waals surface area contributed by atoms with Gasteiger partial charge in [0.05, 0.1) is 6.07 Å². The van der Waals surface area contributed by atoms with Gasteiger partial charge in [-0.2, -0.15) is 5.26 Å². The van der Waals surface area contributed by atoms with Crippen molar-refractivity contribution in [2.45, 2.75) is 71.4 Å². The van der Waals surface area contributed by atoms with Gasteiger partial charge in [0, 0.05) is 13.1 Å². The summed E-state index contributed by atoms with van der Waals surface area (Å²) in [6.07, 6.45) is 4.25. The minimum absolute atomic E-state index is 0.167. The monoisotopic (exact) mass is 311 g/mol. The number of amides is 2. The summed E-state index contributed by atoms with van der Waals surface area (Å²) < 4.78 is 5.21. The van der Waals surface area contributed by atoms with Crippen LogP contribution < -0.4 is 5.32 Å². The summed E-state index contributed by atoms with van der Waals surface area (Å²) in [4.78, 5) is 22.9. The third kappa shape index (κ3) is 7.87. The number of rotatable bonds is 2. The first-order valence-electron chi connectivity index (χ1n) is 7.92. The van der Waals surface area contributed by atoms with E-state index in [-0.39, 0.29) is 11.7 Å². The van der Waals surface area contributed by atoms with Crippen molar-refractivity contribution in [2.75, 3.05) is 13.1 Å². The number of nitrogens with one attached hydrogen (secondary N) is 1. The predicted octanol–water partition coefficient (Wildman–Crippen LogP) is 2.83. The molecule has 2 amide bonds. The van der Waals surface area contributed by atoms with E-state index in [2.05, 4.69) is 5.32 Å². The van der Waals surface area contributed by atoms with Gasteiger partial charge < -0.3 is 15.0 Å². The van der Waals surface area contributed by atoms with Gasteiger partial charge in [-0.25, -0.2) is 4.79 Å². The van der Waals surface area contributed by atoms with E-state index in [1.165, 1.54) is 0 Å². The molecule has 6 heteroatoms. The SMILES string of the molecule is CC.CC(C)(C)OC(=O)N1CCCC1.N#CC1(NC=O)CC1. The van der Waals surface area contributed by atoms with Crippen LogP contribution in [-0.2, 0) is 9.53 Å². The quantitative estimate of drug-likeness (QED) is 0.795. The Kier molecular flexibility index (Phi) is 8.54. The lowest BCUT2D eigenvalue weighted by atomic mass is 10.2. The fourth-order valence-electron chi connectivity index (χ4n) is 1.75. The fourth-order valence-corrected chi connectivity index (χ4v) is 1.75. The van der Waals surface area contributed by atoms with E-state index in [0.717, 1.165) is 38.8 Å². The van der Waals surface area contributed by atoms with Gasteiger partial charge in [0.25, 0.3) is 0 Å². The molecule has 1 N–H and O–H groups in total. The molecule has 1 aliphatic carbocycles. The molecule has 2 rings (SSSR count). The summed E-state index contributed by atoms with van der Waals surface area (Å²) in [7, 11) is 0. The molecule has 1 saturated heterocycles. The third-order valence-corrected chi connectivity index (χ3v) is 3.06. The molecule has 6 nitrogen and oxygen atoms in total. The molecule has 0 aromatic heterocycles. The Morgan fingerprint density at radius 1 is 1.27 bits per heavy atom. The van der Waals surface area contributed by atoms with E-state index in [0.29, 0.717) is 6.41 Å². The number of hydrogen-bond acceptors (Lipinski definition) is 4. The van der Waals surface area contributed by atoms with Crippen molar-refractivity contribution in [3.05, 3.63) is 0 Å². The maximum Gasteiger partial charge on any atom is 0.410 e. The lowest BCUT2D eigenvalue weighted by Gasteiger charge is -2.23. The summed E-state index contributed by atoms with van der Waals surface area (Å²) in [6.45, 7) is 11.4. The van der Waals surface area contributed by atoms with Gasteiger partial charge in [0.15, 0.2) is 0 Å². The molecule has 1 saturated carbocycles. The van der Waals surface area contributed by atoms with Crippen LogP contribution in [-0.4, -0.2) is 41.6 Å². The van der Waals surface area contributed by atoms with Gasteiger partial charge in [-0.1, -0.05) is 13.8 Å². The maximum atomic E-state index is 11.4. The summed E-state index contributed by atoms with van der Waals surface area (Å²) in [5.74, 6) is 0. The standard InChI is InChI=1S/C9H17NO2.C5H6N2O.C2H6/c1-9(2,3)12-8(11)10-6-4-5-7-10;6-3-5(1-2-5)7-4-8;1-2/h4-7H2,1-3H3;4H,1-2H2,(H,7,8);1-2H3. The first kappa shape index (κ1) is 20.2. The van der Waals surface area contributed by atoms with Crippen LogP contribution in [0.5, 0.6) is 0 Å². The van der Waals surface area contributed by atoms with Crippen LogP contribution in [0.2, 0.25) is 0 Å². The lowest BCUT2D eigenvalue weighted by Crippen LogP contribution is -2.34. The second kappa shape index (κ2) is 9.29. The Morgan fingerprint density at radius 2 is 1.77 bits per heavy atom. The molecule has 0 bridgehead atoms. The van der Waals surface area contributed by atoms with Gasteiger partial charge in [-0.05, 0) is 46.5 Å². The van der Waals surface area contributed by atoms with Crippen LogP contribution >= 0.6 is 0 Å². The van der Waals surface area contributed by atoms with Crippen molar-refractivity contribution in [1.82, 2.24) is 10.2 Å². The Morgan fingerprint density at radius 3 is 2.05 bits per heavy atom. The zero-order valence-corrected chi connectivity index (χ0v) is 14.4. The number of hydrogen-bond donors (Lipinski definition) is 1. The number of carbonyl (C=O) groups excluding carboxylic acids is 2. The number of nitriles is 1. The van der Waals surface area contributed by atoms with Crippen LogP contribution in [0.1, 0.15) is 60.3 Å². The largest absolute Gasteiger partial charge is 0.444 e. The Hall–Kier alpha value is -1.77. The van der Waals surface area contributed by atoms with Crippen molar-refractivity contribution in [3.8, 4) is 6.07 Å². The summed E-state index contributed by atoms with van der Waals surface area (Å²) in [5.41, 5.74) is -0.832. The first-order chi connectivity index (χ1) is 10.3. The van der Waals surface area contributed by atoms with Crippen LogP contribution in [0.4, 0.5) is 4.79 Å². The van der Waals surface area contributed by atoms with Crippen molar-refractivity contribution < 1.29 is 14.3 Å². The highest BCUT2D eigenvalue weighted by atomic mass is 16.6. The molecule has 0 aromatic rings. The summed E-state index contributed by atoms with van der Waals surface area (Å²) in [5, 5.41) is 10.8. The zero-order chi connectivity index (χ0) is 17.2. The van der Waals surface area contributed by atoms with E-state index < -0.39 is 5.54 Å². The van der Waals surface area contributed by atoms with E-state index in [1.807, 2.05) is 40.7 Å². The number of nitrogens with zero attached hydrogens (tertiary/aromatic N) is 2. The Balaban J connectivity index is 0.000000382. The third-order valence-electron chi connectivity index (χ3n) is 3.06. The Bertz CT molecular complexity index is 386. The molecule has 0 aromatic carbocycles. The molecule has 1 aliphatic heterocycles. The van der Waals surface area contributed by atoms with Gasteiger partial charge in [-0.15, -0.1) is 0 Å². The van der Waals surface area contributed by atoms with Crippen molar-refractivity contribution in [2.24, 2.45) is 0 Å². The topological polar surface area (TPSA) is 82.4 Å². The lowest BCUT2D eigenvalue weighted by molar-refractivity contribution is -0.110. The molecule has 0 atom stereocenters. The highest BCUT2D eigenvalue weighted by molar-refractivity contribution is 5.68. The predicted molar refractivity (Wildman–Crippen MR) is 85.2 cm³/mol. The smallest absolute Gasteiger partial charge is 0.410 e. The van der Waals surface area contributed by atoms with Gasteiger partial charge in [0.1, 0.15) is 11.1 Å². The highest BCUT2D eigenvalue weighted by Gasteiger charge is 2.42. The Labute approximate surface area is 133 Å². The second-order valence-corrected chi connectivity index (χ2v) is 6.13.